The maximum absolute atomic E-state index is 12.0. The lowest BCUT2D eigenvalue weighted by molar-refractivity contribution is -0.00000620. The van der Waals surface area contributed by atoms with E-state index in [-0.39, 0.29) is 18.0 Å². The molecule has 0 aliphatic carbocycles. The van der Waals surface area contributed by atoms with E-state index in [4.69, 9.17) is 4.42 Å². The van der Waals surface area contributed by atoms with Gasteiger partial charge < -0.3 is 16.8 Å². The van der Waals surface area contributed by atoms with Crippen molar-refractivity contribution < 1.29 is 16.8 Å². The molecule has 1 fully saturated rings. The second kappa shape index (κ2) is 8.91. The van der Waals surface area contributed by atoms with E-state index in [9.17, 15) is 4.79 Å². The Morgan fingerprint density at radius 2 is 1.54 bits per heavy atom. The minimum absolute atomic E-state index is 0. The van der Waals surface area contributed by atoms with E-state index in [1.807, 2.05) is 13.0 Å². The van der Waals surface area contributed by atoms with Crippen LogP contribution in [-0.2, 0) is 13.1 Å². The SMILES string of the molecule is Cc1cc(C)c2c(CN3CCN(Cc4ccccc4)CC3)cc(=O)oc2c1.[Cl-]. The number of hydrogen-bond donors (Lipinski definition) is 0. The van der Waals surface area contributed by atoms with Gasteiger partial charge in [0.25, 0.3) is 0 Å². The molecule has 0 spiro atoms. The standard InChI is InChI=1S/C23H26N2O2.ClH/c1-17-12-18(2)23-20(14-22(26)27-21(23)13-17)16-25-10-8-24(9-11-25)15-19-6-4-3-5-7-19;/h3-7,12-14H,8-11,15-16H2,1-2H3;1H/p-1. The molecule has 0 unspecified atom stereocenters. The Hall–Kier alpha value is -2.14. The molecule has 148 valence electrons. The van der Waals surface area contributed by atoms with E-state index in [1.54, 1.807) is 6.07 Å². The fourth-order valence-electron chi connectivity index (χ4n) is 4.09. The summed E-state index contributed by atoms with van der Waals surface area (Å²) in [4.78, 5) is 17.0. The fraction of sp³-hybridized carbons (Fsp3) is 0.348. The monoisotopic (exact) mass is 397 g/mol. The number of rotatable bonds is 4. The van der Waals surface area contributed by atoms with Crippen LogP contribution < -0.4 is 18.0 Å². The third kappa shape index (κ3) is 4.64. The Bertz CT molecular complexity index is 993. The van der Waals surface area contributed by atoms with E-state index >= 15 is 0 Å². The lowest BCUT2D eigenvalue weighted by Crippen LogP contribution is -3.00. The fourth-order valence-corrected chi connectivity index (χ4v) is 4.09. The molecular weight excluding hydrogens is 372 g/mol. The first-order chi connectivity index (χ1) is 13.1. The number of hydrogen-bond acceptors (Lipinski definition) is 4. The topological polar surface area (TPSA) is 36.7 Å². The molecule has 0 bridgehead atoms. The number of benzene rings is 2. The summed E-state index contributed by atoms with van der Waals surface area (Å²) in [6.45, 7) is 10.1. The van der Waals surface area contributed by atoms with Crippen molar-refractivity contribution in [3.63, 3.8) is 0 Å². The van der Waals surface area contributed by atoms with Gasteiger partial charge in [-0.1, -0.05) is 36.4 Å². The van der Waals surface area contributed by atoms with Crippen LogP contribution in [0.25, 0.3) is 11.0 Å². The van der Waals surface area contributed by atoms with Gasteiger partial charge in [0.2, 0.25) is 0 Å². The van der Waals surface area contributed by atoms with Crippen LogP contribution in [0.2, 0.25) is 0 Å². The Morgan fingerprint density at radius 1 is 0.893 bits per heavy atom. The highest BCUT2D eigenvalue weighted by Gasteiger charge is 2.19. The summed E-state index contributed by atoms with van der Waals surface area (Å²) in [7, 11) is 0. The van der Waals surface area contributed by atoms with Crippen LogP contribution >= 0.6 is 0 Å². The first-order valence-corrected chi connectivity index (χ1v) is 9.61. The predicted molar refractivity (Wildman–Crippen MR) is 109 cm³/mol. The molecule has 2 aromatic carbocycles. The van der Waals surface area contributed by atoms with Crippen molar-refractivity contribution in [1.82, 2.24) is 9.80 Å². The smallest absolute Gasteiger partial charge is 0.336 e. The third-order valence-electron chi connectivity index (χ3n) is 5.38. The van der Waals surface area contributed by atoms with Gasteiger partial charge >= 0.3 is 5.63 Å². The minimum Gasteiger partial charge on any atom is -1.00 e. The molecule has 1 aliphatic rings. The highest BCUT2D eigenvalue weighted by molar-refractivity contribution is 5.84. The minimum atomic E-state index is -0.259. The molecule has 0 saturated carbocycles. The average molecular weight is 398 g/mol. The van der Waals surface area contributed by atoms with Crippen LogP contribution in [0.5, 0.6) is 0 Å². The van der Waals surface area contributed by atoms with E-state index in [0.29, 0.717) is 5.58 Å². The van der Waals surface area contributed by atoms with Crippen molar-refractivity contribution >= 4 is 11.0 Å². The summed E-state index contributed by atoms with van der Waals surface area (Å²) >= 11 is 0. The van der Waals surface area contributed by atoms with Crippen molar-refractivity contribution in [2.45, 2.75) is 26.9 Å². The maximum Gasteiger partial charge on any atom is 0.336 e. The van der Waals surface area contributed by atoms with Crippen molar-refractivity contribution in [1.29, 1.82) is 0 Å². The van der Waals surface area contributed by atoms with Crippen LogP contribution in [0.4, 0.5) is 0 Å². The number of fused-ring (bicyclic) bond motifs is 1. The van der Waals surface area contributed by atoms with Crippen LogP contribution in [-0.4, -0.2) is 36.0 Å². The normalized spacial score (nSPS) is 15.5. The van der Waals surface area contributed by atoms with Gasteiger partial charge in [-0.05, 0) is 42.2 Å². The van der Waals surface area contributed by atoms with E-state index < -0.39 is 0 Å². The van der Waals surface area contributed by atoms with Gasteiger partial charge in [-0.3, -0.25) is 9.80 Å². The average Bonchev–Trinajstić information content (AvgIpc) is 2.63. The van der Waals surface area contributed by atoms with Gasteiger partial charge in [-0.25, -0.2) is 4.79 Å². The molecule has 3 aromatic rings. The summed E-state index contributed by atoms with van der Waals surface area (Å²) in [6.07, 6.45) is 0. The summed E-state index contributed by atoms with van der Waals surface area (Å²) in [5.41, 5.74) is 5.18. The van der Waals surface area contributed by atoms with Crippen LogP contribution in [0, 0.1) is 13.8 Å². The molecule has 0 radical (unpaired) electrons. The third-order valence-corrected chi connectivity index (χ3v) is 5.38. The first kappa shape index (κ1) is 20.6. The molecule has 28 heavy (non-hydrogen) atoms. The predicted octanol–water partition coefficient (Wildman–Crippen LogP) is 0.732. The molecule has 1 saturated heterocycles. The van der Waals surface area contributed by atoms with Crippen LogP contribution in [0.15, 0.2) is 57.7 Å². The number of aryl methyl sites for hydroxylation is 2. The summed E-state index contributed by atoms with van der Waals surface area (Å²) in [5, 5.41) is 1.09. The quantitative estimate of drug-likeness (QED) is 0.608. The number of halogens is 1. The molecule has 4 rings (SSSR count). The van der Waals surface area contributed by atoms with Gasteiger partial charge in [0.1, 0.15) is 5.58 Å². The molecule has 0 N–H and O–H groups in total. The maximum atomic E-state index is 12.0. The van der Waals surface area contributed by atoms with Crippen LogP contribution in [0.3, 0.4) is 0 Å². The summed E-state index contributed by atoms with van der Waals surface area (Å²) < 4.78 is 5.45. The molecule has 2 heterocycles. The molecule has 1 aliphatic heterocycles. The lowest BCUT2D eigenvalue weighted by Gasteiger charge is -2.35. The molecular formula is C23H26ClN2O2-. The van der Waals surface area contributed by atoms with Gasteiger partial charge in [0.05, 0.1) is 0 Å². The van der Waals surface area contributed by atoms with E-state index in [0.717, 1.165) is 55.8 Å². The molecule has 4 nitrogen and oxygen atoms in total. The largest absolute Gasteiger partial charge is 1.00 e. The van der Waals surface area contributed by atoms with Gasteiger partial charge in [0.15, 0.2) is 0 Å². The number of nitrogens with zero attached hydrogens (tertiary/aromatic N) is 2. The van der Waals surface area contributed by atoms with Crippen molar-refractivity contribution in [3.05, 3.63) is 81.2 Å². The number of piperazine rings is 1. The second-order valence-corrected chi connectivity index (χ2v) is 7.58. The van der Waals surface area contributed by atoms with Crippen molar-refractivity contribution in [3.8, 4) is 0 Å². The Balaban J connectivity index is 0.00000225. The Morgan fingerprint density at radius 3 is 2.21 bits per heavy atom. The highest BCUT2D eigenvalue weighted by atomic mass is 35.5. The lowest BCUT2D eigenvalue weighted by atomic mass is 10.0. The zero-order chi connectivity index (χ0) is 18.8. The molecule has 0 amide bonds. The van der Waals surface area contributed by atoms with Gasteiger partial charge in [-0.2, -0.15) is 0 Å². The van der Waals surface area contributed by atoms with Gasteiger partial charge in [0, 0.05) is 50.7 Å². The zero-order valence-corrected chi connectivity index (χ0v) is 17.2. The second-order valence-electron chi connectivity index (χ2n) is 7.58. The van der Waals surface area contributed by atoms with Crippen molar-refractivity contribution in [2.24, 2.45) is 0 Å². The van der Waals surface area contributed by atoms with E-state index in [1.165, 1.54) is 11.1 Å². The van der Waals surface area contributed by atoms with Crippen LogP contribution in [0.1, 0.15) is 22.3 Å². The molecule has 0 atom stereocenters. The zero-order valence-electron chi connectivity index (χ0n) is 16.5. The highest BCUT2D eigenvalue weighted by Crippen LogP contribution is 2.24. The Kier molecular flexibility index (Phi) is 6.55. The summed E-state index contributed by atoms with van der Waals surface area (Å²) in [6, 6.07) is 16.4. The van der Waals surface area contributed by atoms with E-state index in [2.05, 4.69) is 53.1 Å². The molecule has 1 aromatic heterocycles. The van der Waals surface area contributed by atoms with Gasteiger partial charge in [-0.15, -0.1) is 0 Å². The first-order valence-electron chi connectivity index (χ1n) is 9.61. The Labute approximate surface area is 172 Å². The molecule has 5 heteroatoms. The summed E-state index contributed by atoms with van der Waals surface area (Å²) in [5.74, 6) is 0. The van der Waals surface area contributed by atoms with Crippen molar-refractivity contribution in [2.75, 3.05) is 26.2 Å².